The summed E-state index contributed by atoms with van der Waals surface area (Å²) >= 11 is 0. The van der Waals surface area contributed by atoms with Crippen molar-refractivity contribution in [1.82, 2.24) is 0 Å². The van der Waals surface area contributed by atoms with Crippen LogP contribution >= 0.6 is 0 Å². The minimum atomic E-state index is -3.70. The number of Topliss-reactive ketones (excluding diaryl/α,β-unsaturated/α-hetero) is 1. The molecule has 3 aromatic rings. The van der Waals surface area contributed by atoms with Gasteiger partial charge in [0.2, 0.25) is 0 Å². The van der Waals surface area contributed by atoms with E-state index >= 15 is 0 Å². The number of hydrogen-bond acceptors (Lipinski definition) is 4. The maximum absolute atomic E-state index is 12.6. The summed E-state index contributed by atoms with van der Waals surface area (Å²) in [6, 6.07) is 11.7. The van der Waals surface area contributed by atoms with E-state index in [4.69, 9.17) is 4.42 Å². The quantitative estimate of drug-likeness (QED) is 0.691. The predicted molar refractivity (Wildman–Crippen MR) is 97.6 cm³/mol. The second-order valence-corrected chi connectivity index (χ2v) is 7.59. The van der Waals surface area contributed by atoms with Gasteiger partial charge in [0.1, 0.15) is 11.3 Å². The zero-order chi connectivity index (χ0) is 18.2. The lowest BCUT2D eigenvalue weighted by Crippen LogP contribution is -2.12. The lowest BCUT2D eigenvalue weighted by atomic mass is 10.1. The zero-order valence-corrected chi connectivity index (χ0v) is 15.1. The normalized spacial score (nSPS) is 11.6. The standard InChI is InChI=1S/C19H19NO4S/c1-4-14-5-8-16(9-6-14)25(22,23)20-15-7-10-18-17(11-15)19(12(2)21)13(3)24-18/h5-11,20H,4H2,1-3H3. The Hall–Kier alpha value is -2.60. The molecule has 0 spiro atoms. The van der Waals surface area contributed by atoms with E-state index in [2.05, 4.69) is 4.72 Å². The molecule has 0 unspecified atom stereocenters. The summed E-state index contributed by atoms with van der Waals surface area (Å²) in [5, 5.41) is 0.603. The van der Waals surface area contributed by atoms with Crippen LogP contribution in [0.3, 0.4) is 0 Å². The van der Waals surface area contributed by atoms with Crippen molar-refractivity contribution in [2.45, 2.75) is 32.1 Å². The number of ketones is 1. The van der Waals surface area contributed by atoms with Crippen molar-refractivity contribution in [2.75, 3.05) is 4.72 Å². The van der Waals surface area contributed by atoms with Crippen LogP contribution in [0.2, 0.25) is 0 Å². The molecule has 0 aliphatic carbocycles. The second-order valence-electron chi connectivity index (χ2n) is 5.90. The summed E-state index contributed by atoms with van der Waals surface area (Å²) in [5.41, 5.74) is 2.48. The third-order valence-corrected chi connectivity index (χ3v) is 5.51. The average Bonchev–Trinajstić information content (AvgIpc) is 2.89. The molecule has 0 fully saturated rings. The molecular weight excluding hydrogens is 338 g/mol. The minimum absolute atomic E-state index is 0.119. The molecule has 1 N–H and O–H groups in total. The Kier molecular flexibility index (Phi) is 4.39. The van der Waals surface area contributed by atoms with E-state index in [0.717, 1.165) is 12.0 Å². The lowest BCUT2D eigenvalue weighted by molar-refractivity contribution is 0.101. The summed E-state index contributed by atoms with van der Waals surface area (Å²) in [5.74, 6) is 0.407. The van der Waals surface area contributed by atoms with E-state index in [-0.39, 0.29) is 10.7 Å². The van der Waals surface area contributed by atoms with Gasteiger partial charge in [-0.15, -0.1) is 0 Å². The molecule has 0 radical (unpaired) electrons. The Labute approximate surface area is 146 Å². The number of aryl methyl sites for hydroxylation is 2. The maximum Gasteiger partial charge on any atom is 0.261 e. The van der Waals surface area contributed by atoms with Crippen molar-refractivity contribution < 1.29 is 17.6 Å². The molecule has 0 aliphatic rings. The van der Waals surface area contributed by atoms with Gasteiger partial charge in [-0.05, 0) is 56.2 Å². The summed E-state index contributed by atoms with van der Waals surface area (Å²) in [7, 11) is -3.70. The molecule has 0 bridgehead atoms. The highest BCUT2D eigenvalue weighted by Gasteiger charge is 2.18. The van der Waals surface area contributed by atoms with Crippen LogP contribution in [-0.2, 0) is 16.4 Å². The van der Waals surface area contributed by atoms with Gasteiger partial charge >= 0.3 is 0 Å². The van der Waals surface area contributed by atoms with Crippen molar-refractivity contribution in [1.29, 1.82) is 0 Å². The first kappa shape index (κ1) is 17.2. The summed E-state index contributed by atoms with van der Waals surface area (Å²) in [6.45, 7) is 5.19. The predicted octanol–water partition coefficient (Wildman–Crippen LogP) is 4.31. The van der Waals surface area contributed by atoms with Crippen molar-refractivity contribution in [2.24, 2.45) is 0 Å². The fourth-order valence-corrected chi connectivity index (χ4v) is 3.89. The molecule has 1 heterocycles. The number of sulfonamides is 1. The van der Waals surface area contributed by atoms with Crippen molar-refractivity contribution in [3.05, 3.63) is 59.4 Å². The first-order chi connectivity index (χ1) is 11.8. The number of fused-ring (bicyclic) bond motifs is 1. The number of benzene rings is 2. The number of hydrogen-bond donors (Lipinski definition) is 1. The number of nitrogens with one attached hydrogen (secondary N) is 1. The van der Waals surface area contributed by atoms with Gasteiger partial charge in [-0.25, -0.2) is 8.42 Å². The highest BCUT2D eigenvalue weighted by molar-refractivity contribution is 7.92. The van der Waals surface area contributed by atoms with Gasteiger partial charge in [0, 0.05) is 11.1 Å². The average molecular weight is 357 g/mol. The molecule has 0 atom stereocenters. The minimum Gasteiger partial charge on any atom is -0.461 e. The molecule has 0 saturated carbocycles. The van der Waals surface area contributed by atoms with Crippen LogP contribution in [-0.4, -0.2) is 14.2 Å². The highest BCUT2D eigenvalue weighted by atomic mass is 32.2. The fraction of sp³-hybridized carbons (Fsp3) is 0.211. The summed E-state index contributed by atoms with van der Waals surface area (Å²) < 4.78 is 33.2. The van der Waals surface area contributed by atoms with Crippen molar-refractivity contribution >= 4 is 32.5 Å². The SMILES string of the molecule is CCc1ccc(S(=O)(=O)Nc2ccc3oc(C)c(C(C)=O)c3c2)cc1. The number of anilines is 1. The van der Waals surface area contributed by atoms with Crippen molar-refractivity contribution in [3.8, 4) is 0 Å². The molecule has 0 aliphatic heterocycles. The van der Waals surface area contributed by atoms with Gasteiger partial charge in [0.15, 0.2) is 5.78 Å². The first-order valence-corrected chi connectivity index (χ1v) is 9.46. The van der Waals surface area contributed by atoms with Crippen LogP contribution < -0.4 is 4.72 Å². The molecule has 6 heteroatoms. The molecule has 5 nitrogen and oxygen atoms in total. The van der Waals surface area contributed by atoms with Crippen LogP contribution in [0.5, 0.6) is 0 Å². The van der Waals surface area contributed by atoms with Crippen LogP contribution in [0.25, 0.3) is 11.0 Å². The number of furan rings is 1. The molecule has 3 rings (SSSR count). The highest BCUT2D eigenvalue weighted by Crippen LogP contribution is 2.29. The molecule has 25 heavy (non-hydrogen) atoms. The van der Waals surface area contributed by atoms with E-state index in [1.807, 2.05) is 6.92 Å². The van der Waals surface area contributed by atoms with Gasteiger partial charge in [-0.3, -0.25) is 9.52 Å². The Morgan fingerprint density at radius 2 is 1.80 bits per heavy atom. The van der Waals surface area contributed by atoms with Crippen LogP contribution in [0.1, 0.15) is 35.5 Å². The Morgan fingerprint density at radius 3 is 2.40 bits per heavy atom. The van der Waals surface area contributed by atoms with Crippen molar-refractivity contribution in [3.63, 3.8) is 0 Å². The summed E-state index contributed by atoms with van der Waals surface area (Å²) in [4.78, 5) is 12.0. The maximum atomic E-state index is 12.6. The Bertz CT molecular complexity index is 1050. The second kappa shape index (κ2) is 6.37. The number of carbonyl (C=O) groups is 1. The first-order valence-electron chi connectivity index (χ1n) is 7.97. The molecule has 130 valence electrons. The molecule has 2 aromatic carbocycles. The van der Waals surface area contributed by atoms with Gasteiger partial charge < -0.3 is 4.42 Å². The Morgan fingerprint density at radius 1 is 1.12 bits per heavy atom. The Balaban J connectivity index is 1.98. The van der Waals surface area contributed by atoms with Crippen LogP contribution in [0.4, 0.5) is 5.69 Å². The van der Waals surface area contributed by atoms with Gasteiger partial charge in [-0.1, -0.05) is 19.1 Å². The molecule has 0 amide bonds. The molecular formula is C19H19NO4S. The van der Waals surface area contributed by atoms with Crippen LogP contribution in [0, 0.1) is 6.92 Å². The summed E-state index contributed by atoms with van der Waals surface area (Å²) in [6.07, 6.45) is 0.845. The molecule has 1 aromatic heterocycles. The third kappa shape index (κ3) is 3.30. The van der Waals surface area contributed by atoms with E-state index in [1.54, 1.807) is 49.4 Å². The van der Waals surface area contributed by atoms with Gasteiger partial charge in [0.05, 0.1) is 10.5 Å². The number of rotatable bonds is 5. The fourth-order valence-electron chi connectivity index (χ4n) is 2.84. The van der Waals surface area contributed by atoms with E-state index < -0.39 is 10.0 Å². The van der Waals surface area contributed by atoms with Crippen LogP contribution in [0.15, 0.2) is 51.8 Å². The monoisotopic (exact) mass is 357 g/mol. The number of carbonyl (C=O) groups excluding carboxylic acids is 1. The lowest BCUT2D eigenvalue weighted by Gasteiger charge is -2.09. The third-order valence-electron chi connectivity index (χ3n) is 4.11. The van der Waals surface area contributed by atoms with E-state index in [0.29, 0.717) is 28.0 Å². The van der Waals surface area contributed by atoms with E-state index in [1.165, 1.54) is 6.92 Å². The largest absolute Gasteiger partial charge is 0.461 e. The van der Waals surface area contributed by atoms with E-state index in [9.17, 15) is 13.2 Å². The van der Waals surface area contributed by atoms with Gasteiger partial charge in [-0.2, -0.15) is 0 Å². The van der Waals surface area contributed by atoms with Gasteiger partial charge in [0.25, 0.3) is 10.0 Å². The molecule has 0 saturated heterocycles. The topological polar surface area (TPSA) is 76.4 Å². The zero-order valence-electron chi connectivity index (χ0n) is 14.3. The smallest absolute Gasteiger partial charge is 0.261 e.